The molecule has 0 bridgehead atoms. The monoisotopic (exact) mass is 332 g/mol. The predicted octanol–water partition coefficient (Wildman–Crippen LogP) is 3.83. The first-order valence-electron chi connectivity index (χ1n) is 7.30. The maximum atomic E-state index is 12.5. The van der Waals surface area contributed by atoms with E-state index >= 15 is 0 Å². The molecule has 24 heavy (non-hydrogen) atoms. The van der Waals surface area contributed by atoms with Gasteiger partial charge in [-0.15, -0.1) is 0 Å². The lowest BCUT2D eigenvalue weighted by atomic mass is 10.1. The molecule has 0 aliphatic heterocycles. The molecular weight excluding hydrogens is 317 g/mol. The van der Waals surface area contributed by atoms with Crippen LogP contribution in [0.3, 0.4) is 0 Å². The number of nitrogens with one attached hydrogen (secondary N) is 1. The topological polar surface area (TPSA) is 52.9 Å². The Kier molecular flexibility index (Phi) is 5.59. The van der Waals surface area contributed by atoms with E-state index in [-0.39, 0.29) is 18.9 Å². The lowest BCUT2D eigenvalue weighted by Gasteiger charge is -2.09. The summed E-state index contributed by atoms with van der Waals surface area (Å²) in [4.78, 5) is 11.8. The summed E-state index contributed by atoms with van der Waals surface area (Å²) in [5, 5.41) is 11.4. The molecule has 0 fully saturated rings. The van der Waals surface area contributed by atoms with Crippen LogP contribution in [0.25, 0.3) is 0 Å². The molecule has 0 spiro atoms. The van der Waals surface area contributed by atoms with Gasteiger partial charge in [-0.25, -0.2) is 0 Å². The normalized spacial score (nSPS) is 10.9. The number of halogens is 3. The van der Waals surface area contributed by atoms with Crippen molar-refractivity contribution < 1.29 is 18.0 Å². The highest BCUT2D eigenvalue weighted by molar-refractivity contribution is 5.76. The van der Waals surface area contributed by atoms with Gasteiger partial charge in [-0.2, -0.15) is 18.4 Å². The second-order valence-corrected chi connectivity index (χ2v) is 5.28. The SMILES string of the molecule is N#Cc1ccc(CCC(=O)NCc2ccc(C(F)(F)F)cc2)cc1. The molecular formula is C18H15F3N2O. The summed E-state index contributed by atoms with van der Waals surface area (Å²) in [5.41, 5.74) is 1.40. The Bertz CT molecular complexity index is 729. The van der Waals surface area contributed by atoms with E-state index in [1.54, 1.807) is 24.3 Å². The van der Waals surface area contributed by atoms with E-state index in [1.165, 1.54) is 12.1 Å². The van der Waals surface area contributed by atoms with E-state index in [9.17, 15) is 18.0 Å². The highest BCUT2D eigenvalue weighted by Gasteiger charge is 2.29. The minimum absolute atomic E-state index is 0.181. The molecule has 2 aromatic carbocycles. The zero-order valence-corrected chi connectivity index (χ0v) is 12.7. The molecule has 1 amide bonds. The summed E-state index contributed by atoms with van der Waals surface area (Å²) in [6, 6.07) is 13.7. The summed E-state index contributed by atoms with van der Waals surface area (Å²) in [5.74, 6) is -0.181. The Morgan fingerprint density at radius 1 is 1.00 bits per heavy atom. The largest absolute Gasteiger partial charge is 0.416 e. The van der Waals surface area contributed by atoms with E-state index in [2.05, 4.69) is 5.32 Å². The molecule has 0 saturated carbocycles. The van der Waals surface area contributed by atoms with Gasteiger partial charge in [0.05, 0.1) is 17.2 Å². The Hall–Kier alpha value is -2.81. The van der Waals surface area contributed by atoms with E-state index in [4.69, 9.17) is 5.26 Å². The van der Waals surface area contributed by atoms with E-state index in [0.29, 0.717) is 17.5 Å². The molecule has 0 heterocycles. The zero-order chi connectivity index (χ0) is 17.6. The van der Waals surface area contributed by atoms with Gasteiger partial charge in [-0.05, 0) is 41.8 Å². The fourth-order valence-corrected chi connectivity index (χ4v) is 2.10. The first-order valence-corrected chi connectivity index (χ1v) is 7.30. The maximum Gasteiger partial charge on any atom is 0.416 e. The summed E-state index contributed by atoms with van der Waals surface area (Å²) in [7, 11) is 0. The molecule has 0 aliphatic rings. The average Bonchev–Trinajstić information content (AvgIpc) is 2.58. The van der Waals surface area contributed by atoms with Crippen LogP contribution in [0.2, 0.25) is 0 Å². The van der Waals surface area contributed by atoms with Crippen molar-refractivity contribution in [3.63, 3.8) is 0 Å². The van der Waals surface area contributed by atoms with Crippen LogP contribution in [-0.4, -0.2) is 5.91 Å². The van der Waals surface area contributed by atoms with Crippen molar-refractivity contribution >= 4 is 5.91 Å². The third-order valence-electron chi connectivity index (χ3n) is 3.49. The van der Waals surface area contributed by atoms with Crippen LogP contribution in [-0.2, 0) is 23.9 Å². The Morgan fingerprint density at radius 2 is 1.58 bits per heavy atom. The molecule has 2 aromatic rings. The molecule has 124 valence electrons. The van der Waals surface area contributed by atoms with Gasteiger partial charge >= 0.3 is 6.18 Å². The number of benzene rings is 2. The number of carbonyl (C=O) groups excluding carboxylic acids is 1. The highest BCUT2D eigenvalue weighted by Crippen LogP contribution is 2.29. The molecule has 1 N–H and O–H groups in total. The summed E-state index contributed by atoms with van der Waals surface area (Å²) >= 11 is 0. The van der Waals surface area contributed by atoms with E-state index < -0.39 is 11.7 Å². The van der Waals surface area contributed by atoms with Crippen LogP contribution in [0.4, 0.5) is 13.2 Å². The lowest BCUT2D eigenvalue weighted by Crippen LogP contribution is -2.23. The lowest BCUT2D eigenvalue weighted by molar-refractivity contribution is -0.137. The van der Waals surface area contributed by atoms with Crippen LogP contribution >= 0.6 is 0 Å². The summed E-state index contributed by atoms with van der Waals surface area (Å²) < 4.78 is 37.4. The number of hydrogen-bond acceptors (Lipinski definition) is 2. The van der Waals surface area contributed by atoms with Crippen LogP contribution in [0.1, 0.15) is 28.7 Å². The molecule has 0 saturated heterocycles. The van der Waals surface area contributed by atoms with Crippen molar-refractivity contribution in [2.75, 3.05) is 0 Å². The minimum atomic E-state index is -4.36. The van der Waals surface area contributed by atoms with Gasteiger partial charge in [0, 0.05) is 13.0 Å². The number of alkyl halides is 3. The van der Waals surface area contributed by atoms with Crippen molar-refractivity contribution in [2.45, 2.75) is 25.6 Å². The van der Waals surface area contributed by atoms with Gasteiger partial charge in [-0.3, -0.25) is 4.79 Å². The molecule has 0 aromatic heterocycles. The highest BCUT2D eigenvalue weighted by atomic mass is 19.4. The first-order chi connectivity index (χ1) is 11.4. The maximum absolute atomic E-state index is 12.5. The first kappa shape index (κ1) is 17.5. The molecule has 0 atom stereocenters. The zero-order valence-electron chi connectivity index (χ0n) is 12.7. The van der Waals surface area contributed by atoms with Gasteiger partial charge in [0.25, 0.3) is 0 Å². The average molecular weight is 332 g/mol. The van der Waals surface area contributed by atoms with Crippen molar-refractivity contribution in [1.29, 1.82) is 5.26 Å². The smallest absolute Gasteiger partial charge is 0.352 e. The fraction of sp³-hybridized carbons (Fsp3) is 0.222. The molecule has 2 rings (SSSR count). The van der Waals surface area contributed by atoms with Gasteiger partial charge in [0.2, 0.25) is 5.91 Å². The second kappa shape index (κ2) is 7.64. The van der Waals surface area contributed by atoms with Gasteiger partial charge in [0.1, 0.15) is 0 Å². The predicted molar refractivity (Wildman–Crippen MR) is 82.8 cm³/mol. The van der Waals surface area contributed by atoms with E-state index in [0.717, 1.165) is 17.7 Å². The number of nitrogens with zero attached hydrogens (tertiary/aromatic N) is 1. The molecule has 0 radical (unpaired) electrons. The van der Waals surface area contributed by atoms with Crippen molar-refractivity contribution in [1.82, 2.24) is 5.32 Å². The van der Waals surface area contributed by atoms with E-state index in [1.807, 2.05) is 6.07 Å². The van der Waals surface area contributed by atoms with Crippen molar-refractivity contribution in [3.05, 3.63) is 70.8 Å². The van der Waals surface area contributed by atoms with Crippen LogP contribution in [0.15, 0.2) is 48.5 Å². The number of rotatable bonds is 5. The number of carbonyl (C=O) groups is 1. The number of hydrogen-bond donors (Lipinski definition) is 1. The molecule has 0 unspecified atom stereocenters. The van der Waals surface area contributed by atoms with Gasteiger partial charge < -0.3 is 5.32 Å². The van der Waals surface area contributed by atoms with Crippen LogP contribution < -0.4 is 5.32 Å². The second-order valence-electron chi connectivity index (χ2n) is 5.28. The van der Waals surface area contributed by atoms with Crippen LogP contribution in [0.5, 0.6) is 0 Å². The van der Waals surface area contributed by atoms with Crippen molar-refractivity contribution in [3.8, 4) is 6.07 Å². The van der Waals surface area contributed by atoms with Gasteiger partial charge in [-0.1, -0.05) is 24.3 Å². The summed E-state index contributed by atoms with van der Waals surface area (Å²) in [6.07, 6.45) is -3.56. The fourth-order valence-electron chi connectivity index (χ4n) is 2.10. The molecule has 6 heteroatoms. The Balaban J connectivity index is 1.79. The van der Waals surface area contributed by atoms with Crippen LogP contribution in [0, 0.1) is 11.3 Å². The Labute approximate surface area is 137 Å². The van der Waals surface area contributed by atoms with Gasteiger partial charge in [0.15, 0.2) is 0 Å². The third kappa shape index (κ3) is 5.13. The molecule has 3 nitrogen and oxygen atoms in total. The standard InChI is InChI=1S/C18H15F3N2O/c19-18(20,21)16-8-5-15(6-9-16)12-23-17(24)10-7-13-1-3-14(11-22)4-2-13/h1-6,8-9H,7,10,12H2,(H,23,24). The number of amides is 1. The number of aryl methyl sites for hydroxylation is 1. The minimum Gasteiger partial charge on any atom is -0.352 e. The Morgan fingerprint density at radius 3 is 2.12 bits per heavy atom. The number of nitriles is 1. The quantitative estimate of drug-likeness (QED) is 0.905. The molecule has 0 aliphatic carbocycles. The third-order valence-corrected chi connectivity index (χ3v) is 3.49. The van der Waals surface area contributed by atoms with Crippen molar-refractivity contribution in [2.24, 2.45) is 0 Å². The summed E-state index contributed by atoms with van der Waals surface area (Å²) in [6.45, 7) is 0.185.